The number of carbonyl (C=O) groups is 2. The summed E-state index contributed by atoms with van der Waals surface area (Å²) >= 11 is 6.34. The van der Waals surface area contributed by atoms with Crippen molar-refractivity contribution < 1.29 is 24.2 Å². The Hall–Kier alpha value is -2.83. The van der Waals surface area contributed by atoms with E-state index >= 15 is 0 Å². The van der Waals surface area contributed by atoms with Gasteiger partial charge in [-0.25, -0.2) is 0 Å². The van der Waals surface area contributed by atoms with Gasteiger partial charge in [0.25, 0.3) is 11.7 Å². The number of Topliss-reactive ketones (excluding diaryl/α,β-unsaturated/α-hetero) is 1. The van der Waals surface area contributed by atoms with Crippen molar-refractivity contribution in [2.24, 2.45) is 0 Å². The first kappa shape index (κ1) is 25.8. The maximum atomic E-state index is 13.2. The number of methoxy groups -OCH3 is 1. The monoisotopic (exact) mass is 485 g/mol. The minimum Gasteiger partial charge on any atom is -0.507 e. The van der Waals surface area contributed by atoms with Gasteiger partial charge in [-0.1, -0.05) is 49.7 Å². The molecule has 0 radical (unpaired) electrons. The van der Waals surface area contributed by atoms with Crippen LogP contribution in [0.2, 0.25) is 5.02 Å². The number of aryl methyl sites for hydroxylation is 1. The average molecular weight is 486 g/mol. The largest absolute Gasteiger partial charge is 0.507 e. The van der Waals surface area contributed by atoms with Crippen molar-refractivity contribution >= 4 is 29.1 Å². The van der Waals surface area contributed by atoms with E-state index in [0.717, 1.165) is 16.7 Å². The van der Waals surface area contributed by atoms with E-state index in [1.807, 2.05) is 45.0 Å². The number of ether oxygens (including phenoxy) is 2. The highest BCUT2D eigenvalue weighted by atomic mass is 35.5. The maximum absolute atomic E-state index is 13.2. The number of ketones is 1. The Morgan fingerprint density at radius 3 is 2.32 bits per heavy atom. The molecular weight excluding hydrogens is 454 g/mol. The lowest BCUT2D eigenvalue weighted by Gasteiger charge is -2.26. The zero-order valence-corrected chi connectivity index (χ0v) is 21.3. The summed E-state index contributed by atoms with van der Waals surface area (Å²) in [4.78, 5) is 27.8. The van der Waals surface area contributed by atoms with Gasteiger partial charge in [0.1, 0.15) is 11.5 Å². The molecule has 0 aromatic heterocycles. The number of hydrogen-bond donors (Lipinski definition) is 1. The molecular formula is C27H32ClNO5. The third kappa shape index (κ3) is 5.13. The van der Waals surface area contributed by atoms with Crippen molar-refractivity contribution in [1.82, 2.24) is 4.90 Å². The van der Waals surface area contributed by atoms with Crippen molar-refractivity contribution in [3.63, 3.8) is 0 Å². The van der Waals surface area contributed by atoms with Crippen LogP contribution >= 0.6 is 11.6 Å². The van der Waals surface area contributed by atoms with Crippen LogP contribution in [0.4, 0.5) is 0 Å². The first-order valence-corrected chi connectivity index (χ1v) is 11.8. The Morgan fingerprint density at radius 2 is 1.76 bits per heavy atom. The van der Waals surface area contributed by atoms with Crippen molar-refractivity contribution in [2.75, 3.05) is 20.3 Å². The molecule has 34 heavy (non-hydrogen) atoms. The Morgan fingerprint density at radius 1 is 1.12 bits per heavy atom. The Labute approximate surface area is 206 Å². The number of benzene rings is 2. The number of carbonyl (C=O) groups excluding carboxylic acids is 2. The molecule has 0 bridgehead atoms. The molecule has 1 aliphatic heterocycles. The quantitative estimate of drug-likeness (QED) is 0.298. The topological polar surface area (TPSA) is 76.1 Å². The van der Waals surface area contributed by atoms with Gasteiger partial charge in [-0.05, 0) is 55.5 Å². The molecule has 1 amide bonds. The van der Waals surface area contributed by atoms with Crippen molar-refractivity contribution in [3.8, 4) is 5.75 Å². The molecule has 2 aromatic rings. The van der Waals surface area contributed by atoms with Crippen LogP contribution in [0.3, 0.4) is 0 Å². The predicted molar refractivity (Wildman–Crippen MR) is 133 cm³/mol. The van der Waals surface area contributed by atoms with E-state index in [4.69, 9.17) is 21.1 Å². The summed E-state index contributed by atoms with van der Waals surface area (Å²) in [6, 6.07) is 10.4. The van der Waals surface area contributed by atoms with Gasteiger partial charge in [0, 0.05) is 6.54 Å². The van der Waals surface area contributed by atoms with Crippen LogP contribution in [0.25, 0.3) is 5.76 Å². The lowest BCUT2D eigenvalue weighted by atomic mass is 9.92. The Bertz CT molecular complexity index is 1100. The van der Waals surface area contributed by atoms with E-state index < -0.39 is 17.7 Å². The average Bonchev–Trinajstić information content (AvgIpc) is 3.03. The summed E-state index contributed by atoms with van der Waals surface area (Å²) in [6.07, 6.45) is -0.0145. The van der Waals surface area contributed by atoms with Gasteiger partial charge in [-0.2, -0.15) is 0 Å². The van der Waals surface area contributed by atoms with Crippen LogP contribution in [-0.4, -0.2) is 48.1 Å². The summed E-state index contributed by atoms with van der Waals surface area (Å²) in [5.41, 5.74) is 2.92. The zero-order chi connectivity index (χ0) is 25.2. The number of rotatable bonds is 8. The molecule has 7 heteroatoms. The first-order chi connectivity index (χ1) is 16.1. The molecule has 1 N–H and O–H groups in total. The van der Waals surface area contributed by atoms with E-state index in [-0.39, 0.29) is 41.9 Å². The second-order valence-electron chi connectivity index (χ2n) is 9.06. The highest BCUT2D eigenvalue weighted by molar-refractivity contribution is 6.46. The van der Waals surface area contributed by atoms with Crippen molar-refractivity contribution in [3.05, 3.63) is 69.2 Å². The van der Waals surface area contributed by atoms with Crippen LogP contribution < -0.4 is 4.74 Å². The van der Waals surface area contributed by atoms with Gasteiger partial charge in [-0.15, -0.1) is 0 Å². The van der Waals surface area contributed by atoms with E-state index in [1.54, 1.807) is 12.1 Å². The summed E-state index contributed by atoms with van der Waals surface area (Å²) in [7, 11) is 1.44. The molecule has 2 aromatic carbocycles. The zero-order valence-electron chi connectivity index (χ0n) is 20.5. The summed E-state index contributed by atoms with van der Waals surface area (Å²) in [5.74, 6) is -1.17. The molecule has 3 rings (SSSR count). The Balaban J connectivity index is 2.19. The van der Waals surface area contributed by atoms with Gasteiger partial charge in [0.15, 0.2) is 0 Å². The lowest BCUT2D eigenvalue weighted by molar-refractivity contribution is -0.140. The molecule has 0 spiro atoms. The van der Waals surface area contributed by atoms with Crippen molar-refractivity contribution in [2.45, 2.75) is 52.7 Å². The minimum atomic E-state index is -0.763. The predicted octanol–water partition coefficient (Wildman–Crippen LogP) is 5.63. The highest BCUT2D eigenvalue weighted by Gasteiger charge is 2.46. The molecule has 6 nitrogen and oxygen atoms in total. The highest BCUT2D eigenvalue weighted by Crippen LogP contribution is 2.42. The van der Waals surface area contributed by atoms with Crippen LogP contribution in [0.1, 0.15) is 61.9 Å². The first-order valence-electron chi connectivity index (χ1n) is 11.4. The molecule has 182 valence electrons. The number of nitrogens with zero attached hydrogens (tertiary/aromatic N) is 1. The molecule has 1 saturated heterocycles. The second-order valence-corrected chi connectivity index (χ2v) is 9.47. The van der Waals surface area contributed by atoms with Gasteiger partial charge < -0.3 is 19.5 Å². The third-order valence-electron chi connectivity index (χ3n) is 5.89. The van der Waals surface area contributed by atoms with Crippen LogP contribution in [0.15, 0.2) is 42.0 Å². The molecule has 0 saturated carbocycles. The molecule has 1 unspecified atom stereocenters. The number of aliphatic hydroxyl groups is 1. The number of amides is 1. The fourth-order valence-electron chi connectivity index (χ4n) is 4.16. The summed E-state index contributed by atoms with van der Waals surface area (Å²) in [6.45, 7) is 10.3. The van der Waals surface area contributed by atoms with Crippen LogP contribution in [0, 0.1) is 6.92 Å². The number of hydrogen-bond acceptors (Lipinski definition) is 5. The van der Waals surface area contributed by atoms with Crippen LogP contribution in [-0.2, 0) is 14.3 Å². The molecule has 1 atom stereocenters. The van der Waals surface area contributed by atoms with E-state index in [1.165, 1.54) is 12.0 Å². The number of likely N-dealkylation sites (tertiary alicyclic amines) is 1. The smallest absolute Gasteiger partial charge is 0.295 e. The second kappa shape index (κ2) is 10.6. The maximum Gasteiger partial charge on any atom is 0.295 e. The molecule has 1 heterocycles. The molecule has 0 aliphatic carbocycles. The normalized spacial score (nSPS) is 17.8. The fourth-order valence-corrected chi connectivity index (χ4v) is 4.52. The SMILES string of the molecule is COc1c(Cl)cc(C)cc1/C(O)=C1\C(=O)C(=O)N(CCOC(C)C)C1c1ccc(C(C)C)cc1. The van der Waals surface area contributed by atoms with Gasteiger partial charge >= 0.3 is 0 Å². The Kier molecular flexibility index (Phi) is 8.05. The number of aliphatic hydroxyl groups excluding tert-OH is 1. The van der Waals surface area contributed by atoms with Crippen LogP contribution in [0.5, 0.6) is 5.75 Å². The van der Waals surface area contributed by atoms with E-state index in [0.29, 0.717) is 10.9 Å². The number of halogens is 1. The van der Waals surface area contributed by atoms with Gasteiger partial charge in [0.05, 0.1) is 42.0 Å². The minimum absolute atomic E-state index is 0.00631. The van der Waals surface area contributed by atoms with E-state index in [2.05, 4.69) is 13.8 Å². The molecule has 1 aliphatic rings. The fraction of sp³-hybridized carbons (Fsp3) is 0.407. The van der Waals surface area contributed by atoms with Crippen molar-refractivity contribution in [1.29, 1.82) is 0 Å². The molecule has 1 fully saturated rings. The third-order valence-corrected chi connectivity index (χ3v) is 6.17. The van der Waals surface area contributed by atoms with Gasteiger partial charge in [0.2, 0.25) is 0 Å². The van der Waals surface area contributed by atoms with Gasteiger partial charge in [-0.3, -0.25) is 9.59 Å². The summed E-state index contributed by atoms with van der Waals surface area (Å²) in [5, 5.41) is 11.7. The summed E-state index contributed by atoms with van der Waals surface area (Å²) < 4.78 is 11.1. The lowest BCUT2D eigenvalue weighted by Crippen LogP contribution is -2.33. The standard InChI is InChI=1S/C27H32ClNO5/c1-15(2)18-7-9-19(10-8-18)23-22(25(31)27(32)29(23)11-12-34-16(3)4)24(30)20-13-17(5)14-21(28)26(20)33-6/h7-10,13-16,23,30H,11-12H2,1-6H3/b24-22+. The van der Waals surface area contributed by atoms with E-state index in [9.17, 15) is 14.7 Å².